The SMILES string of the molecule is C[C](C)=[Zr+2]([C]1=CC2=C(CCCC2)C1c1ccccc1)[C]1=CC2=C(CCCC2)C1c1ccccc1.[Cl-].[Cl-]. The standard InChI is InChI=1S/2C15H15.C3H6.2ClH.Zr/c2*1-2-6-12(7-3-1)15-11-10-13-8-4-5-9-14(13)15;1-3-2;;;/h2*1-3,6-7,10,15H,4-5,8-9H2;1-2H3;2*1H;/q;;;;;+2/p-2. The number of allylic oxidation sites excluding steroid dienone is 8. The topological polar surface area (TPSA) is 0 Å². The van der Waals surface area contributed by atoms with E-state index in [4.69, 9.17) is 0 Å². The zero-order valence-electron chi connectivity index (χ0n) is 21.5. The molecule has 0 aromatic heterocycles. The average Bonchev–Trinajstić information content (AvgIpc) is 3.43. The van der Waals surface area contributed by atoms with Gasteiger partial charge >= 0.3 is 214 Å². The van der Waals surface area contributed by atoms with Crippen LogP contribution in [0.15, 0.2) is 102 Å². The first-order valence-corrected chi connectivity index (χ1v) is 17.1. The van der Waals surface area contributed by atoms with Crippen LogP contribution in [-0.4, -0.2) is 3.21 Å². The Balaban J connectivity index is 0.00000152. The van der Waals surface area contributed by atoms with Gasteiger partial charge in [-0.1, -0.05) is 0 Å². The number of hydrogen-bond acceptors (Lipinski definition) is 0. The average molecular weight is 595 g/mol. The molecular formula is C33H36Cl2Zr. The van der Waals surface area contributed by atoms with Gasteiger partial charge in [0.2, 0.25) is 0 Å². The van der Waals surface area contributed by atoms with Crippen LogP contribution in [0.3, 0.4) is 0 Å². The summed E-state index contributed by atoms with van der Waals surface area (Å²) in [6, 6.07) is 23.0. The van der Waals surface area contributed by atoms with Gasteiger partial charge in [-0.05, 0) is 0 Å². The van der Waals surface area contributed by atoms with Gasteiger partial charge in [0.15, 0.2) is 0 Å². The van der Waals surface area contributed by atoms with Gasteiger partial charge in [0.1, 0.15) is 0 Å². The monoisotopic (exact) mass is 592 g/mol. The summed E-state index contributed by atoms with van der Waals surface area (Å²) in [5, 5.41) is 0. The van der Waals surface area contributed by atoms with Crippen molar-refractivity contribution in [3.8, 4) is 0 Å². The number of rotatable bonds is 4. The molecule has 186 valence electrons. The predicted octanol–water partition coefficient (Wildman–Crippen LogP) is 2.93. The third-order valence-electron chi connectivity index (χ3n) is 8.43. The van der Waals surface area contributed by atoms with E-state index in [-0.39, 0.29) is 24.8 Å². The molecule has 2 unspecified atom stereocenters. The summed E-state index contributed by atoms with van der Waals surface area (Å²) in [5.74, 6) is 1.08. The smallest absolute Gasteiger partial charge is 1.00 e. The van der Waals surface area contributed by atoms with Crippen molar-refractivity contribution in [2.24, 2.45) is 0 Å². The van der Waals surface area contributed by atoms with Gasteiger partial charge in [-0.2, -0.15) is 0 Å². The van der Waals surface area contributed by atoms with E-state index in [9.17, 15) is 0 Å². The Morgan fingerprint density at radius 1 is 0.583 bits per heavy atom. The van der Waals surface area contributed by atoms with E-state index in [1.807, 2.05) is 6.56 Å². The van der Waals surface area contributed by atoms with Crippen molar-refractivity contribution >= 4 is 3.21 Å². The van der Waals surface area contributed by atoms with E-state index >= 15 is 0 Å². The van der Waals surface area contributed by atoms with Crippen LogP contribution in [0.2, 0.25) is 0 Å². The maximum absolute atomic E-state index is 2.73. The van der Waals surface area contributed by atoms with E-state index in [0.29, 0.717) is 11.8 Å². The van der Waals surface area contributed by atoms with Crippen molar-refractivity contribution in [1.82, 2.24) is 0 Å². The second-order valence-corrected chi connectivity index (χ2v) is 17.9. The molecule has 4 aliphatic carbocycles. The third-order valence-corrected chi connectivity index (χ3v) is 15.9. The fourth-order valence-corrected chi connectivity index (χ4v) is 15.4. The molecule has 2 aromatic carbocycles. The number of benzene rings is 2. The zero-order valence-corrected chi connectivity index (χ0v) is 25.5. The van der Waals surface area contributed by atoms with Crippen molar-refractivity contribution in [2.75, 3.05) is 0 Å². The molecule has 0 fully saturated rings. The van der Waals surface area contributed by atoms with Gasteiger partial charge in [0.05, 0.1) is 0 Å². The van der Waals surface area contributed by atoms with Crippen molar-refractivity contribution in [3.05, 3.63) is 113 Å². The minimum atomic E-state index is -2.25. The second kappa shape index (κ2) is 12.1. The van der Waals surface area contributed by atoms with Crippen LogP contribution < -0.4 is 24.8 Å². The van der Waals surface area contributed by atoms with E-state index < -0.39 is 21.3 Å². The second-order valence-electron chi connectivity index (χ2n) is 10.8. The summed E-state index contributed by atoms with van der Waals surface area (Å²) in [4.78, 5) is 0. The van der Waals surface area contributed by atoms with E-state index in [0.717, 1.165) is 0 Å². The van der Waals surface area contributed by atoms with Crippen molar-refractivity contribution in [3.63, 3.8) is 0 Å². The fraction of sp³-hybridized carbons (Fsp3) is 0.364. The summed E-state index contributed by atoms with van der Waals surface area (Å²) in [5.41, 5.74) is 9.99. The Kier molecular flexibility index (Phi) is 9.30. The Labute approximate surface area is 237 Å². The first kappa shape index (κ1) is 27.8. The largest absolute Gasteiger partial charge is 1.00 e. The van der Waals surface area contributed by atoms with Crippen molar-refractivity contribution < 1.29 is 46.1 Å². The first-order valence-electron chi connectivity index (χ1n) is 13.4. The van der Waals surface area contributed by atoms with Crippen molar-refractivity contribution in [1.29, 1.82) is 0 Å². The van der Waals surface area contributed by atoms with Gasteiger partial charge in [-0.15, -0.1) is 0 Å². The molecule has 0 saturated heterocycles. The summed E-state index contributed by atoms with van der Waals surface area (Å²) < 4.78 is 5.42. The summed E-state index contributed by atoms with van der Waals surface area (Å²) in [6.45, 7) is 4.93. The minimum Gasteiger partial charge on any atom is -1.00 e. The number of halogens is 2. The molecule has 6 rings (SSSR count). The quantitative estimate of drug-likeness (QED) is 0.511. The minimum absolute atomic E-state index is 0. The molecule has 0 N–H and O–H groups in total. The van der Waals surface area contributed by atoms with Crippen LogP contribution in [0.1, 0.15) is 88.2 Å². The molecule has 36 heavy (non-hydrogen) atoms. The van der Waals surface area contributed by atoms with Crippen molar-refractivity contribution in [2.45, 2.75) is 77.0 Å². The van der Waals surface area contributed by atoms with Crippen LogP contribution in [0.4, 0.5) is 0 Å². The molecule has 0 amide bonds. The molecule has 3 heteroatoms. The molecule has 2 atom stereocenters. The molecule has 2 aromatic rings. The molecule has 0 saturated carbocycles. The maximum atomic E-state index is 2.73. The van der Waals surface area contributed by atoms with E-state index in [2.05, 4.69) is 86.7 Å². The van der Waals surface area contributed by atoms with Crippen LogP contribution in [0, 0.1) is 0 Å². The van der Waals surface area contributed by atoms with E-state index in [1.54, 1.807) is 25.5 Å². The van der Waals surface area contributed by atoms with Crippen LogP contribution >= 0.6 is 0 Å². The van der Waals surface area contributed by atoms with Gasteiger partial charge in [0, 0.05) is 0 Å². The van der Waals surface area contributed by atoms with Gasteiger partial charge < -0.3 is 24.8 Å². The molecule has 0 nitrogen and oxygen atoms in total. The first-order chi connectivity index (χ1) is 16.7. The normalized spacial score (nSPS) is 22.4. The number of hydrogen-bond donors (Lipinski definition) is 0. The zero-order chi connectivity index (χ0) is 23.1. The predicted molar refractivity (Wildman–Crippen MR) is 142 cm³/mol. The summed E-state index contributed by atoms with van der Waals surface area (Å²) >= 11 is -2.25. The molecule has 0 radical (unpaired) electrons. The molecule has 0 spiro atoms. The maximum Gasteiger partial charge on any atom is -1.00 e. The van der Waals surface area contributed by atoms with Crippen LogP contribution in [0.5, 0.6) is 0 Å². The Morgan fingerprint density at radius 3 is 1.36 bits per heavy atom. The molecular weight excluding hydrogens is 558 g/mol. The molecule has 0 bridgehead atoms. The molecule has 0 heterocycles. The van der Waals surface area contributed by atoms with E-state index in [1.165, 1.54) is 62.5 Å². The van der Waals surface area contributed by atoms with Gasteiger partial charge in [-0.3, -0.25) is 0 Å². The van der Waals surface area contributed by atoms with Gasteiger partial charge in [-0.25, -0.2) is 0 Å². The fourth-order valence-electron chi connectivity index (χ4n) is 7.04. The molecule has 0 aliphatic heterocycles. The van der Waals surface area contributed by atoms with Crippen LogP contribution in [-0.2, 0) is 21.3 Å². The van der Waals surface area contributed by atoms with Gasteiger partial charge in [0.25, 0.3) is 0 Å². The Bertz CT molecular complexity index is 1160. The third kappa shape index (κ3) is 5.06. The summed E-state index contributed by atoms with van der Waals surface area (Å²) in [7, 11) is 0. The summed E-state index contributed by atoms with van der Waals surface area (Å²) in [6.07, 6.45) is 16.1. The Morgan fingerprint density at radius 2 is 0.972 bits per heavy atom. The Hall–Kier alpha value is -1.27. The van der Waals surface area contributed by atoms with Crippen LogP contribution in [0.25, 0.3) is 0 Å². The molecule has 4 aliphatic rings.